The lowest BCUT2D eigenvalue weighted by atomic mass is 10.2. The number of para-hydroxylation sites is 1. The van der Waals surface area contributed by atoms with Crippen molar-refractivity contribution >= 4 is 34.1 Å². The lowest BCUT2D eigenvalue weighted by Gasteiger charge is -2.22. The fraction of sp³-hybridized carbons (Fsp3) is 0.350. The summed E-state index contributed by atoms with van der Waals surface area (Å²) in [6.07, 6.45) is 1.54. The summed E-state index contributed by atoms with van der Waals surface area (Å²) in [6, 6.07) is 9.96. The molecule has 1 aliphatic rings. The van der Waals surface area contributed by atoms with E-state index in [2.05, 4.69) is 40.0 Å². The van der Waals surface area contributed by atoms with Gasteiger partial charge < -0.3 is 14.8 Å². The molecule has 0 bridgehead atoms. The van der Waals surface area contributed by atoms with Crippen LogP contribution in [0.3, 0.4) is 0 Å². The number of likely N-dealkylation sites (N-methyl/N-ethyl adjacent to an activating group) is 1. The second-order valence-corrected chi connectivity index (χ2v) is 7.50. The third-order valence-electron chi connectivity index (χ3n) is 5.13. The van der Waals surface area contributed by atoms with Crippen LogP contribution in [-0.4, -0.2) is 45.9 Å². The monoisotopic (exact) mass is 382 g/mol. The Balaban J connectivity index is 1.66. The van der Waals surface area contributed by atoms with Gasteiger partial charge in [-0.25, -0.2) is 4.98 Å². The third-order valence-corrected chi connectivity index (χ3v) is 6.00. The number of amides is 2. The van der Waals surface area contributed by atoms with Gasteiger partial charge in [0.25, 0.3) is 5.91 Å². The van der Waals surface area contributed by atoms with E-state index in [9.17, 15) is 9.59 Å². The van der Waals surface area contributed by atoms with Crippen LogP contribution in [-0.2, 0) is 11.3 Å². The minimum absolute atomic E-state index is 0.109. The predicted octanol–water partition coefficient (Wildman–Crippen LogP) is 3.14. The number of hydrogen-bond acceptors (Lipinski definition) is 4. The van der Waals surface area contributed by atoms with E-state index in [1.165, 1.54) is 11.3 Å². The van der Waals surface area contributed by atoms with Gasteiger partial charge in [0.1, 0.15) is 16.7 Å². The van der Waals surface area contributed by atoms with Crippen molar-refractivity contribution in [3.05, 3.63) is 41.4 Å². The van der Waals surface area contributed by atoms with Gasteiger partial charge >= 0.3 is 0 Å². The fourth-order valence-corrected chi connectivity index (χ4v) is 4.63. The number of aryl methyl sites for hydroxylation is 1. The molecule has 3 heterocycles. The number of rotatable bonds is 4. The van der Waals surface area contributed by atoms with Crippen LogP contribution in [0.25, 0.3) is 21.6 Å². The Bertz CT molecular complexity index is 1010. The first-order valence-corrected chi connectivity index (χ1v) is 10.1. The Morgan fingerprint density at radius 2 is 2.15 bits per heavy atom. The third kappa shape index (κ3) is 3.02. The van der Waals surface area contributed by atoms with Crippen LogP contribution < -0.4 is 5.32 Å². The number of aromatic nitrogens is 2. The summed E-state index contributed by atoms with van der Waals surface area (Å²) >= 11 is 1.47. The molecule has 27 heavy (non-hydrogen) atoms. The molecule has 6 nitrogen and oxygen atoms in total. The van der Waals surface area contributed by atoms with E-state index < -0.39 is 6.04 Å². The van der Waals surface area contributed by atoms with Crippen LogP contribution in [0.4, 0.5) is 0 Å². The van der Waals surface area contributed by atoms with Crippen molar-refractivity contribution < 1.29 is 9.59 Å². The average molecular weight is 382 g/mol. The maximum absolute atomic E-state index is 12.9. The molecule has 4 rings (SSSR count). The topological polar surface area (TPSA) is 67.2 Å². The van der Waals surface area contributed by atoms with E-state index >= 15 is 0 Å². The largest absolute Gasteiger partial charge is 0.357 e. The molecule has 1 fully saturated rings. The Morgan fingerprint density at radius 1 is 1.33 bits per heavy atom. The van der Waals surface area contributed by atoms with Gasteiger partial charge in [-0.05, 0) is 31.9 Å². The highest BCUT2D eigenvalue weighted by Crippen LogP contribution is 2.31. The van der Waals surface area contributed by atoms with Gasteiger partial charge in [-0.2, -0.15) is 0 Å². The Morgan fingerprint density at radius 3 is 2.93 bits per heavy atom. The SMILES string of the molecule is CCn1c(-c2nc(C(=O)N3CCCC3C(=O)NC)cs2)cc2ccccc21. The molecule has 3 aromatic rings. The van der Waals surface area contributed by atoms with Crippen LogP contribution in [0, 0.1) is 0 Å². The summed E-state index contributed by atoms with van der Waals surface area (Å²) in [5.74, 6) is -0.273. The molecule has 0 aliphatic carbocycles. The zero-order chi connectivity index (χ0) is 19.0. The van der Waals surface area contributed by atoms with Crippen molar-refractivity contribution in [2.24, 2.45) is 0 Å². The lowest BCUT2D eigenvalue weighted by molar-refractivity contribution is -0.124. The molecule has 0 saturated carbocycles. The molecule has 1 N–H and O–H groups in total. The molecule has 2 aromatic heterocycles. The molecular formula is C20H22N4O2S. The first-order valence-electron chi connectivity index (χ1n) is 9.20. The first kappa shape index (κ1) is 17.7. The Hall–Kier alpha value is -2.67. The van der Waals surface area contributed by atoms with Gasteiger partial charge in [0, 0.05) is 36.4 Å². The van der Waals surface area contributed by atoms with Crippen LogP contribution in [0.5, 0.6) is 0 Å². The first-order chi connectivity index (χ1) is 13.1. The smallest absolute Gasteiger partial charge is 0.274 e. The van der Waals surface area contributed by atoms with E-state index in [-0.39, 0.29) is 11.8 Å². The minimum atomic E-state index is -0.394. The van der Waals surface area contributed by atoms with Gasteiger partial charge in [-0.1, -0.05) is 18.2 Å². The predicted molar refractivity (Wildman–Crippen MR) is 107 cm³/mol. The molecular weight excluding hydrogens is 360 g/mol. The lowest BCUT2D eigenvalue weighted by Crippen LogP contribution is -2.45. The van der Waals surface area contributed by atoms with Crippen LogP contribution in [0.2, 0.25) is 0 Å². The van der Waals surface area contributed by atoms with Crippen molar-refractivity contribution in [1.29, 1.82) is 0 Å². The van der Waals surface area contributed by atoms with E-state index in [0.29, 0.717) is 18.7 Å². The number of fused-ring (bicyclic) bond motifs is 1. The van der Waals surface area contributed by atoms with Crippen molar-refractivity contribution in [2.45, 2.75) is 32.4 Å². The second kappa shape index (κ2) is 7.15. The number of carbonyl (C=O) groups is 2. The fourth-order valence-electron chi connectivity index (χ4n) is 3.81. The van der Waals surface area contributed by atoms with Crippen LogP contribution >= 0.6 is 11.3 Å². The summed E-state index contributed by atoms with van der Waals surface area (Å²) in [7, 11) is 1.60. The normalized spacial score (nSPS) is 16.8. The molecule has 1 atom stereocenters. The highest BCUT2D eigenvalue weighted by atomic mass is 32.1. The van der Waals surface area contributed by atoms with Crippen molar-refractivity contribution in [2.75, 3.05) is 13.6 Å². The number of nitrogens with zero attached hydrogens (tertiary/aromatic N) is 3. The molecule has 0 spiro atoms. The quantitative estimate of drug-likeness (QED) is 0.754. The maximum Gasteiger partial charge on any atom is 0.274 e. The zero-order valence-corrected chi connectivity index (χ0v) is 16.3. The zero-order valence-electron chi connectivity index (χ0n) is 15.4. The minimum Gasteiger partial charge on any atom is -0.357 e. The van der Waals surface area contributed by atoms with Gasteiger partial charge in [0.05, 0.1) is 5.69 Å². The maximum atomic E-state index is 12.9. The molecule has 7 heteroatoms. The standard InChI is InChI=1S/C20H22N4O2S/c1-3-23-15-8-5-4-7-13(15)11-17(23)19-22-14(12-27-19)20(26)24-10-6-9-16(24)18(25)21-2/h4-5,7-8,11-12,16H,3,6,9-10H2,1-2H3,(H,21,25). The van der Waals surface area contributed by atoms with Crippen molar-refractivity contribution in [3.63, 3.8) is 0 Å². The second-order valence-electron chi connectivity index (χ2n) is 6.64. The van der Waals surface area contributed by atoms with Gasteiger partial charge in [0.2, 0.25) is 5.91 Å². The molecule has 1 aromatic carbocycles. The summed E-state index contributed by atoms with van der Waals surface area (Å²) < 4.78 is 2.21. The van der Waals surface area contributed by atoms with E-state index in [1.807, 2.05) is 12.1 Å². The summed E-state index contributed by atoms with van der Waals surface area (Å²) in [5.41, 5.74) is 2.60. The van der Waals surface area contributed by atoms with Crippen LogP contribution in [0.15, 0.2) is 35.7 Å². The number of nitrogens with one attached hydrogen (secondary N) is 1. The van der Waals surface area contributed by atoms with E-state index in [4.69, 9.17) is 0 Å². The van der Waals surface area contributed by atoms with E-state index in [0.717, 1.165) is 34.6 Å². The van der Waals surface area contributed by atoms with Gasteiger partial charge in [-0.3, -0.25) is 9.59 Å². The van der Waals surface area contributed by atoms with E-state index in [1.54, 1.807) is 17.3 Å². The number of benzene rings is 1. The summed E-state index contributed by atoms with van der Waals surface area (Å²) in [5, 5.41) is 6.44. The molecule has 0 radical (unpaired) electrons. The van der Waals surface area contributed by atoms with Gasteiger partial charge in [-0.15, -0.1) is 11.3 Å². The van der Waals surface area contributed by atoms with Crippen molar-refractivity contribution in [3.8, 4) is 10.7 Å². The molecule has 1 saturated heterocycles. The molecule has 1 aliphatic heterocycles. The molecule has 140 valence electrons. The summed E-state index contributed by atoms with van der Waals surface area (Å²) in [4.78, 5) is 31.2. The van der Waals surface area contributed by atoms with Gasteiger partial charge in [0.15, 0.2) is 0 Å². The van der Waals surface area contributed by atoms with Crippen molar-refractivity contribution in [1.82, 2.24) is 19.8 Å². The highest BCUT2D eigenvalue weighted by Gasteiger charge is 2.35. The Labute approximate surface area is 161 Å². The molecule has 1 unspecified atom stereocenters. The highest BCUT2D eigenvalue weighted by molar-refractivity contribution is 7.13. The number of thiazole rings is 1. The Kier molecular flexibility index (Phi) is 4.70. The number of carbonyl (C=O) groups excluding carboxylic acids is 2. The average Bonchev–Trinajstić information content (AvgIpc) is 3.43. The van der Waals surface area contributed by atoms with Crippen LogP contribution in [0.1, 0.15) is 30.3 Å². The number of hydrogen-bond donors (Lipinski definition) is 1. The molecule has 2 amide bonds. The number of likely N-dealkylation sites (tertiary alicyclic amines) is 1. The summed E-state index contributed by atoms with van der Waals surface area (Å²) in [6.45, 7) is 3.53.